The van der Waals surface area contributed by atoms with Crippen LogP contribution in [0.15, 0.2) is 89.8 Å². The number of Topliss-reactive ketones (excluding diaryl/α,β-unsaturated/α-hetero) is 5. The number of rotatable bonds is 61. The number of carboxylic acid groups (broad SMARTS) is 4. The lowest BCUT2D eigenvalue weighted by molar-refractivity contribution is -0.139. The fourth-order valence-electron chi connectivity index (χ4n) is 17.0. The Bertz CT molecular complexity index is 5040. The number of phenols is 2. The van der Waals surface area contributed by atoms with Gasteiger partial charge in [0.25, 0.3) is 0 Å². The number of nitrogens with one attached hydrogen (secondary N) is 6. The molecule has 8 rings (SSSR count). The van der Waals surface area contributed by atoms with Crippen molar-refractivity contribution < 1.29 is 107 Å². The van der Waals surface area contributed by atoms with Crippen molar-refractivity contribution in [1.29, 1.82) is 0 Å². The number of benzene rings is 3. The van der Waals surface area contributed by atoms with Gasteiger partial charge in [0.05, 0.1) is 23.6 Å². The molecule has 6 aromatic rings. The molecule has 131 heavy (non-hydrogen) atoms. The second-order valence-corrected chi connectivity index (χ2v) is 35.9. The van der Waals surface area contributed by atoms with Crippen molar-refractivity contribution in [2.45, 2.75) is 290 Å². The fourth-order valence-corrected chi connectivity index (χ4v) is 17.3. The van der Waals surface area contributed by atoms with Crippen LogP contribution in [0.25, 0.3) is 22.0 Å². The Morgan fingerprint density at radius 1 is 0.504 bits per heavy atom. The minimum atomic E-state index is -1.62. The molecule has 0 bridgehead atoms. The number of phenolic OH excluding ortho intramolecular Hbond substituents is 2. The van der Waals surface area contributed by atoms with Crippen LogP contribution in [0.5, 0.6) is 11.5 Å². The van der Waals surface area contributed by atoms with Crippen molar-refractivity contribution in [1.82, 2.24) is 56.2 Å². The molecular weight excluding hydrogens is 1750 g/mol. The van der Waals surface area contributed by atoms with E-state index in [4.69, 9.17) is 0 Å². The summed E-state index contributed by atoms with van der Waals surface area (Å²) in [6.45, 7) is 9.51. The van der Waals surface area contributed by atoms with Gasteiger partial charge in [0, 0.05) is 136 Å². The lowest BCUT2D eigenvalue weighted by atomic mass is 9.88. The number of amides is 7. The summed E-state index contributed by atoms with van der Waals surface area (Å²) in [6.07, 6.45) is 10.7. The van der Waals surface area contributed by atoms with E-state index in [2.05, 4.69) is 74.8 Å². The molecule has 1 aliphatic carbocycles. The van der Waals surface area contributed by atoms with Gasteiger partial charge in [-0.2, -0.15) is 5.10 Å². The second-order valence-electron chi connectivity index (χ2n) is 35.1. The number of carbonyl (C=O) groups is 16. The summed E-state index contributed by atoms with van der Waals surface area (Å²) in [4.78, 5) is 237. The van der Waals surface area contributed by atoms with Crippen molar-refractivity contribution in [3.05, 3.63) is 124 Å². The van der Waals surface area contributed by atoms with E-state index >= 15 is 19.2 Å². The summed E-state index contributed by atoms with van der Waals surface area (Å²) in [5.74, 6) is -19.4. The zero-order valence-corrected chi connectivity index (χ0v) is 77.1. The third-order valence-electron chi connectivity index (χ3n) is 24.5. The van der Waals surface area contributed by atoms with E-state index in [9.17, 15) is 88.2 Å². The maximum atomic E-state index is 15.3. The molecule has 35 heteroatoms. The predicted octanol–water partition coefficient (Wildman–Crippen LogP) is 11.8. The van der Waals surface area contributed by atoms with Crippen LogP contribution < -0.4 is 31.9 Å². The number of aromatic hydroxyl groups is 2. The number of carbonyl (C=O) groups excluding carboxylic acids is 12. The zero-order valence-electron chi connectivity index (χ0n) is 75.5. The Kier molecular flexibility index (Phi) is 41.0. The molecule has 1 aliphatic heterocycles. The molecule has 10 atom stereocenters. The number of hydrogen-bond acceptors (Lipinski definition) is 22. The fraction of sp³-hybridized carbons (Fsp3) is 0.542. The average Bonchev–Trinajstić information content (AvgIpc) is 1.53. The van der Waals surface area contributed by atoms with Crippen LogP contribution in [0.1, 0.15) is 258 Å². The topological polar surface area (TPSA) is 526 Å². The van der Waals surface area contributed by atoms with E-state index < -0.39 is 219 Å². The number of anilines is 1. The van der Waals surface area contributed by atoms with E-state index in [1.807, 2.05) is 6.07 Å². The summed E-state index contributed by atoms with van der Waals surface area (Å²) >= 11 is 3.36. The highest BCUT2D eigenvalue weighted by Crippen LogP contribution is 2.59. The molecule has 34 nitrogen and oxygen atoms in total. The molecule has 0 unspecified atom stereocenters. The minimum absolute atomic E-state index is 0.00725. The Balaban J connectivity index is 1.03. The van der Waals surface area contributed by atoms with Crippen molar-refractivity contribution >= 4 is 127 Å². The standard InChI is InChI=1S/C96H125BrN12O22/c1-7-8-9-10-11-12-13-14-15-16-17-18-19-23-82(117)98-42-21-20-22-73(102-93(129)67(32-41-87(125)126)50-79(116)75(46-63-27-35-71(113)36-28-63)103-92(128)64(44-59(4)110)29-38-84(119)120)77(114)49-66(31-40-86(123)124)94(130)104-74(45-62-25-33-70(112)34-26-62)78(115)48-65(30-39-85(121)122)91(127)101-56-96-51-76(95(131)106-90-57(2)24-37-81(97)105-90)109(80(96)52-96)83(118)55-108-89-58(3)43-68(69-53-99-61(6)100-54-69)47-72(89)88(107-108)60(5)111/h24-28,33-37,43,47,53-54,64-67,73-76,80,112-113H,7-23,29-32,38-42,44-46,48-52,55-56H2,1-6H3,(H,98,117)(H,101,127)(H,102,129)(H,103,128)(H,104,130)(H,119,120)(H,121,122)(H,123,124)(H,125,126)(H,105,106,131)/t64-,65-,66-,67-,73+,74+,75+,76+,80-,96+/m1/s1. The van der Waals surface area contributed by atoms with E-state index in [-0.39, 0.29) is 106 Å². The number of halogens is 1. The third-order valence-corrected chi connectivity index (χ3v) is 24.9. The van der Waals surface area contributed by atoms with E-state index in [0.29, 0.717) is 61.1 Å². The van der Waals surface area contributed by atoms with Gasteiger partial charge in [0.15, 0.2) is 23.1 Å². The van der Waals surface area contributed by atoms with Gasteiger partial charge in [-0.1, -0.05) is 114 Å². The Morgan fingerprint density at radius 2 is 0.969 bits per heavy atom. The van der Waals surface area contributed by atoms with Gasteiger partial charge in [-0.15, -0.1) is 0 Å². The van der Waals surface area contributed by atoms with Crippen LogP contribution in [-0.2, 0) is 91.3 Å². The maximum Gasteiger partial charge on any atom is 0.303 e. The molecule has 3 aromatic heterocycles. The predicted molar refractivity (Wildman–Crippen MR) is 487 cm³/mol. The highest BCUT2D eigenvalue weighted by molar-refractivity contribution is 9.10. The number of aliphatic carboxylic acids is 4. The number of ketones is 5. The summed E-state index contributed by atoms with van der Waals surface area (Å²) in [6, 6.07) is 11.4. The molecule has 2 aliphatic rings. The molecule has 7 amide bonds. The Hall–Kier alpha value is -12.0. The van der Waals surface area contributed by atoms with Gasteiger partial charge < -0.3 is 72.2 Å². The summed E-state index contributed by atoms with van der Waals surface area (Å²) in [7, 11) is 0. The van der Waals surface area contributed by atoms with E-state index in [1.165, 1.54) is 123 Å². The molecule has 0 spiro atoms. The Morgan fingerprint density at radius 3 is 1.45 bits per heavy atom. The van der Waals surface area contributed by atoms with E-state index in [0.717, 1.165) is 25.7 Å². The highest BCUT2D eigenvalue weighted by atomic mass is 79.9. The normalized spacial score (nSPS) is 16.0. The first-order chi connectivity index (χ1) is 62.4. The number of nitrogens with zero attached hydrogens (tertiary/aromatic N) is 6. The molecule has 4 heterocycles. The SMILES string of the molecule is CCCCCCCCCCCCCCCC(=O)NCCCC[C@H](NC(=O)[C@H](CCC(=O)O)CC(=O)[C@H](Cc1ccc(O)cc1)NC(=O)[C@H](CCC(=O)O)CC(C)=O)C(=O)C[C@@H](CCC(=O)O)C(=O)N[C@@H](Cc1ccc(O)cc1)C(=O)C[C@@H](CCC(=O)O)C(=O)NC[C@@]12C[C@@H](C(=O)Nc3nc(Br)ccc3C)N(C(=O)Cn3nc(C(C)=O)c4cc(-c5cnc(C)nc5)cc(C)c43)[C@@H]1C2. The van der Waals surface area contributed by atoms with Crippen LogP contribution in [0.3, 0.4) is 0 Å². The molecular formula is C96H125BrN12O22. The number of piperidine rings is 1. The number of aryl methyl sites for hydroxylation is 3. The first-order valence-corrected chi connectivity index (χ1v) is 46.2. The lowest BCUT2D eigenvalue weighted by Crippen LogP contribution is -2.49. The van der Waals surface area contributed by atoms with Gasteiger partial charge in [-0.3, -0.25) is 76.6 Å². The van der Waals surface area contributed by atoms with Crippen molar-refractivity contribution in [2.75, 3.05) is 18.4 Å². The largest absolute Gasteiger partial charge is 0.508 e. The first-order valence-electron chi connectivity index (χ1n) is 45.4. The van der Waals surface area contributed by atoms with Crippen molar-refractivity contribution in [3.8, 4) is 22.6 Å². The molecule has 1 saturated heterocycles. The molecule has 1 saturated carbocycles. The number of aromatic nitrogens is 5. The van der Waals surface area contributed by atoms with Crippen molar-refractivity contribution in [2.24, 2.45) is 29.1 Å². The van der Waals surface area contributed by atoms with Crippen LogP contribution in [0, 0.1) is 49.9 Å². The minimum Gasteiger partial charge on any atom is -0.508 e. The smallest absolute Gasteiger partial charge is 0.303 e. The summed E-state index contributed by atoms with van der Waals surface area (Å²) in [5, 5.41) is 82.0. The molecule has 708 valence electrons. The third kappa shape index (κ3) is 33.4. The summed E-state index contributed by atoms with van der Waals surface area (Å²) < 4.78 is 1.82. The van der Waals surface area contributed by atoms with Gasteiger partial charge in [0.2, 0.25) is 41.4 Å². The van der Waals surface area contributed by atoms with Gasteiger partial charge >= 0.3 is 23.9 Å². The lowest BCUT2D eigenvalue weighted by Gasteiger charge is -2.27. The summed E-state index contributed by atoms with van der Waals surface area (Å²) in [5.41, 5.74) is 2.91. The van der Waals surface area contributed by atoms with Crippen LogP contribution in [-0.4, -0.2) is 198 Å². The van der Waals surface area contributed by atoms with Crippen molar-refractivity contribution in [3.63, 3.8) is 0 Å². The number of hydrogen-bond donors (Lipinski definition) is 12. The van der Waals surface area contributed by atoms with Crippen LogP contribution >= 0.6 is 15.9 Å². The Labute approximate surface area is 770 Å². The molecule has 0 radical (unpaired) electrons. The van der Waals surface area contributed by atoms with Gasteiger partial charge in [-0.25, -0.2) is 15.0 Å². The van der Waals surface area contributed by atoms with Crippen LogP contribution in [0.2, 0.25) is 0 Å². The number of pyridine rings is 1. The van der Waals surface area contributed by atoms with Crippen LogP contribution in [0.4, 0.5) is 5.82 Å². The highest BCUT2D eigenvalue weighted by Gasteiger charge is 2.67. The van der Waals surface area contributed by atoms with Gasteiger partial charge in [-0.05, 0) is 191 Å². The van der Waals surface area contributed by atoms with E-state index in [1.54, 1.807) is 51.4 Å². The zero-order chi connectivity index (χ0) is 95.6. The molecule has 12 N–H and O–H groups in total. The maximum absolute atomic E-state index is 15.3. The number of likely N-dealkylation sites (tertiary alicyclic amines) is 1. The monoisotopic (exact) mass is 1880 g/mol. The number of fused-ring (bicyclic) bond motifs is 2. The second kappa shape index (κ2) is 51.5. The quantitative estimate of drug-likeness (QED) is 0.00958. The molecule has 2 fully saturated rings. The molecule has 3 aromatic carbocycles. The first kappa shape index (κ1) is 104. The average molecular weight is 1880 g/mol. The number of unbranched alkanes of at least 4 members (excludes halogenated alkanes) is 13. The number of carboxylic acids is 4. The van der Waals surface area contributed by atoms with Gasteiger partial charge in [0.1, 0.15) is 51.8 Å².